The number of hydrogen-bond acceptors (Lipinski definition) is 3. The molecule has 0 aromatic carbocycles. The van der Waals surface area contributed by atoms with Gasteiger partial charge >= 0.3 is 0 Å². The number of likely N-dealkylation sites (N-methyl/N-ethyl adjacent to an activating group) is 1. The molecule has 0 aromatic heterocycles. The van der Waals surface area contributed by atoms with Gasteiger partial charge in [-0.2, -0.15) is 0 Å². The van der Waals surface area contributed by atoms with E-state index in [4.69, 9.17) is 0 Å². The Morgan fingerprint density at radius 1 is 1.67 bits per heavy atom. The molecule has 0 aliphatic carbocycles. The number of carbonyl (C=O) groups excluding carboxylic acids is 2. The zero-order chi connectivity index (χ0) is 11.3. The van der Waals surface area contributed by atoms with Crippen molar-refractivity contribution in [1.29, 1.82) is 0 Å². The van der Waals surface area contributed by atoms with Gasteiger partial charge in [0.25, 0.3) is 0 Å². The lowest BCUT2D eigenvalue weighted by molar-refractivity contribution is -0.126. The molecular formula is C10H19N3O2. The molecule has 2 atom stereocenters. The van der Waals surface area contributed by atoms with E-state index in [-0.39, 0.29) is 23.8 Å². The second-order valence-electron chi connectivity index (χ2n) is 3.91. The van der Waals surface area contributed by atoms with Crippen LogP contribution in [-0.2, 0) is 9.59 Å². The quantitative estimate of drug-likeness (QED) is 0.562. The Bertz CT molecular complexity index is 243. The first-order chi connectivity index (χ1) is 7.13. The highest BCUT2D eigenvalue weighted by Crippen LogP contribution is 2.08. The van der Waals surface area contributed by atoms with Gasteiger partial charge in [0.05, 0.1) is 5.92 Å². The molecule has 1 rings (SSSR count). The maximum atomic E-state index is 11.6. The molecule has 0 spiro atoms. The summed E-state index contributed by atoms with van der Waals surface area (Å²) in [7, 11) is 0. The van der Waals surface area contributed by atoms with E-state index < -0.39 is 0 Å². The molecule has 1 aliphatic heterocycles. The molecule has 1 unspecified atom stereocenters. The largest absolute Gasteiger partial charge is 0.355 e. The Kier molecular flexibility index (Phi) is 4.55. The molecular weight excluding hydrogens is 194 g/mol. The summed E-state index contributed by atoms with van der Waals surface area (Å²) >= 11 is 0. The van der Waals surface area contributed by atoms with Crippen LogP contribution in [0.5, 0.6) is 0 Å². The second-order valence-corrected chi connectivity index (χ2v) is 3.91. The lowest BCUT2D eigenvalue weighted by atomic mass is 10.1. The molecule has 1 heterocycles. The maximum Gasteiger partial charge on any atom is 0.225 e. The summed E-state index contributed by atoms with van der Waals surface area (Å²) in [5, 5.41) is 8.69. The Morgan fingerprint density at radius 3 is 2.93 bits per heavy atom. The molecule has 5 heteroatoms. The summed E-state index contributed by atoms with van der Waals surface area (Å²) in [5.74, 6) is -0.251. The van der Waals surface area contributed by atoms with Gasteiger partial charge in [-0.3, -0.25) is 9.59 Å². The van der Waals surface area contributed by atoms with Crippen LogP contribution in [0.25, 0.3) is 0 Å². The number of carbonyl (C=O) groups is 2. The van der Waals surface area contributed by atoms with Crippen molar-refractivity contribution < 1.29 is 9.59 Å². The molecule has 86 valence electrons. The Labute approximate surface area is 90.0 Å². The average Bonchev–Trinajstić information content (AvgIpc) is 2.62. The number of amides is 2. The van der Waals surface area contributed by atoms with Gasteiger partial charge in [0.15, 0.2) is 0 Å². The first kappa shape index (κ1) is 12.0. The summed E-state index contributed by atoms with van der Waals surface area (Å²) in [6.45, 7) is 6.01. The van der Waals surface area contributed by atoms with Crippen molar-refractivity contribution in [3.05, 3.63) is 0 Å². The SMILES string of the molecule is CCN[C@H](C)CNC(=O)C1CNC(=O)C1. The van der Waals surface area contributed by atoms with E-state index in [1.165, 1.54) is 0 Å². The lowest BCUT2D eigenvalue weighted by Gasteiger charge is -2.14. The smallest absolute Gasteiger partial charge is 0.225 e. The van der Waals surface area contributed by atoms with Gasteiger partial charge in [-0.25, -0.2) is 0 Å². The summed E-state index contributed by atoms with van der Waals surface area (Å²) in [6.07, 6.45) is 0.321. The van der Waals surface area contributed by atoms with E-state index in [1.54, 1.807) is 0 Å². The Hall–Kier alpha value is -1.10. The molecule has 2 amide bonds. The summed E-state index contributed by atoms with van der Waals surface area (Å²) in [5.41, 5.74) is 0. The molecule has 1 saturated heterocycles. The van der Waals surface area contributed by atoms with Crippen LogP contribution in [0.1, 0.15) is 20.3 Å². The van der Waals surface area contributed by atoms with E-state index in [0.29, 0.717) is 19.5 Å². The molecule has 5 nitrogen and oxygen atoms in total. The predicted molar refractivity (Wildman–Crippen MR) is 57.3 cm³/mol. The number of rotatable bonds is 5. The van der Waals surface area contributed by atoms with Crippen molar-refractivity contribution in [3.8, 4) is 0 Å². The van der Waals surface area contributed by atoms with Crippen molar-refractivity contribution in [2.24, 2.45) is 5.92 Å². The minimum atomic E-state index is -0.189. The molecule has 0 aromatic rings. The zero-order valence-corrected chi connectivity index (χ0v) is 9.30. The minimum absolute atomic E-state index is 0.0295. The summed E-state index contributed by atoms with van der Waals surface area (Å²) < 4.78 is 0. The fraction of sp³-hybridized carbons (Fsp3) is 0.800. The van der Waals surface area contributed by atoms with Gasteiger partial charge in [-0.05, 0) is 13.5 Å². The Morgan fingerprint density at radius 2 is 2.40 bits per heavy atom. The third-order valence-corrected chi connectivity index (χ3v) is 2.48. The standard InChI is InChI=1S/C10H19N3O2/c1-3-11-7(2)5-13-10(15)8-4-9(14)12-6-8/h7-8,11H,3-6H2,1-2H3,(H,12,14)(H,13,15)/t7-,8?/m1/s1. The van der Waals surface area contributed by atoms with Crippen LogP contribution in [0.15, 0.2) is 0 Å². The second kappa shape index (κ2) is 5.70. The van der Waals surface area contributed by atoms with Gasteiger partial charge in [-0.1, -0.05) is 6.92 Å². The topological polar surface area (TPSA) is 70.2 Å². The van der Waals surface area contributed by atoms with Crippen LogP contribution in [0.2, 0.25) is 0 Å². The molecule has 3 N–H and O–H groups in total. The van der Waals surface area contributed by atoms with Gasteiger partial charge in [0.1, 0.15) is 0 Å². The highest BCUT2D eigenvalue weighted by atomic mass is 16.2. The van der Waals surface area contributed by atoms with Crippen molar-refractivity contribution in [2.45, 2.75) is 26.3 Å². The van der Waals surface area contributed by atoms with Crippen LogP contribution in [-0.4, -0.2) is 37.5 Å². The van der Waals surface area contributed by atoms with Crippen LogP contribution < -0.4 is 16.0 Å². The highest BCUT2D eigenvalue weighted by Gasteiger charge is 2.27. The van der Waals surface area contributed by atoms with Gasteiger partial charge < -0.3 is 16.0 Å². The fourth-order valence-electron chi connectivity index (χ4n) is 1.61. The summed E-state index contributed by atoms with van der Waals surface area (Å²) in [6, 6.07) is 0.268. The van der Waals surface area contributed by atoms with Gasteiger partial charge in [0.2, 0.25) is 11.8 Å². The molecule has 0 radical (unpaired) electrons. The predicted octanol–water partition coefficient (Wildman–Crippen LogP) is -0.763. The van der Waals surface area contributed by atoms with Crippen molar-refractivity contribution in [3.63, 3.8) is 0 Å². The monoisotopic (exact) mass is 213 g/mol. The number of nitrogens with one attached hydrogen (secondary N) is 3. The molecule has 1 fully saturated rings. The van der Waals surface area contributed by atoms with Gasteiger partial charge in [-0.15, -0.1) is 0 Å². The normalized spacial score (nSPS) is 22.3. The first-order valence-electron chi connectivity index (χ1n) is 5.41. The van der Waals surface area contributed by atoms with E-state index in [2.05, 4.69) is 16.0 Å². The zero-order valence-electron chi connectivity index (χ0n) is 9.30. The first-order valence-corrected chi connectivity index (χ1v) is 5.41. The van der Waals surface area contributed by atoms with Crippen LogP contribution in [0.4, 0.5) is 0 Å². The average molecular weight is 213 g/mol. The van der Waals surface area contributed by atoms with Crippen LogP contribution in [0, 0.1) is 5.92 Å². The van der Waals surface area contributed by atoms with Crippen molar-refractivity contribution >= 4 is 11.8 Å². The molecule has 15 heavy (non-hydrogen) atoms. The van der Waals surface area contributed by atoms with Crippen molar-refractivity contribution in [1.82, 2.24) is 16.0 Å². The van der Waals surface area contributed by atoms with Crippen LogP contribution >= 0.6 is 0 Å². The number of hydrogen-bond donors (Lipinski definition) is 3. The molecule has 0 bridgehead atoms. The van der Waals surface area contributed by atoms with E-state index in [1.807, 2.05) is 13.8 Å². The third kappa shape index (κ3) is 3.87. The fourth-order valence-corrected chi connectivity index (χ4v) is 1.61. The highest BCUT2D eigenvalue weighted by molar-refractivity contribution is 5.89. The van der Waals surface area contributed by atoms with E-state index >= 15 is 0 Å². The van der Waals surface area contributed by atoms with Gasteiger partial charge in [0, 0.05) is 25.6 Å². The molecule has 1 aliphatic rings. The maximum absolute atomic E-state index is 11.6. The van der Waals surface area contributed by atoms with Crippen molar-refractivity contribution in [2.75, 3.05) is 19.6 Å². The van der Waals surface area contributed by atoms with E-state index in [0.717, 1.165) is 6.54 Å². The summed E-state index contributed by atoms with van der Waals surface area (Å²) in [4.78, 5) is 22.5. The lowest BCUT2D eigenvalue weighted by Crippen LogP contribution is -2.41. The van der Waals surface area contributed by atoms with E-state index in [9.17, 15) is 9.59 Å². The third-order valence-electron chi connectivity index (χ3n) is 2.48. The minimum Gasteiger partial charge on any atom is -0.355 e. The molecule has 0 saturated carbocycles. The van der Waals surface area contributed by atoms with Crippen LogP contribution in [0.3, 0.4) is 0 Å². The Balaban J connectivity index is 2.21.